The summed E-state index contributed by atoms with van der Waals surface area (Å²) in [6.45, 7) is 3.98. The number of furan rings is 1. The number of para-hydroxylation sites is 2. The highest BCUT2D eigenvalue weighted by molar-refractivity contribution is 6.00. The van der Waals surface area contributed by atoms with Crippen molar-refractivity contribution >= 4 is 17.5 Å². The van der Waals surface area contributed by atoms with Gasteiger partial charge in [-0.15, -0.1) is 0 Å². The number of anilines is 1. The first-order valence-corrected chi connectivity index (χ1v) is 12.1. The molecular weight excluding hydrogens is 454 g/mol. The van der Waals surface area contributed by atoms with Crippen molar-refractivity contribution in [2.45, 2.75) is 32.5 Å². The van der Waals surface area contributed by atoms with E-state index in [4.69, 9.17) is 9.15 Å². The number of carbonyl (C=O) groups excluding carboxylic acids is 2. The molecule has 1 aliphatic heterocycles. The van der Waals surface area contributed by atoms with Gasteiger partial charge in [0.25, 0.3) is 0 Å². The van der Waals surface area contributed by atoms with Gasteiger partial charge in [0, 0.05) is 12.2 Å². The fourth-order valence-corrected chi connectivity index (χ4v) is 4.67. The van der Waals surface area contributed by atoms with E-state index >= 15 is 0 Å². The third-order valence-electron chi connectivity index (χ3n) is 6.39. The van der Waals surface area contributed by atoms with Crippen LogP contribution < -0.4 is 4.90 Å². The number of aromatic nitrogens is 1. The second-order valence-corrected chi connectivity index (χ2v) is 9.07. The molecule has 1 unspecified atom stereocenters. The molecule has 184 valence electrons. The van der Waals surface area contributed by atoms with E-state index in [1.54, 1.807) is 16.1 Å². The lowest BCUT2D eigenvalue weighted by Crippen LogP contribution is -2.49. The van der Waals surface area contributed by atoms with E-state index in [9.17, 15) is 9.59 Å². The molecule has 7 nitrogen and oxygen atoms in total. The fraction of sp³-hybridized carbons (Fsp3) is 0.241. The predicted octanol–water partition coefficient (Wildman–Crippen LogP) is 4.96. The molecule has 0 radical (unpaired) electrons. The molecule has 36 heavy (non-hydrogen) atoms. The molecule has 7 heteroatoms. The minimum atomic E-state index is -0.448. The first-order chi connectivity index (χ1) is 17.5. The Kier molecular flexibility index (Phi) is 6.73. The van der Waals surface area contributed by atoms with E-state index in [2.05, 4.69) is 4.57 Å². The van der Waals surface area contributed by atoms with Crippen molar-refractivity contribution in [1.29, 1.82) is 0 Å². The van der Waals surface area contributed by atoms with E-state index in [1.165, 1.54) is 0 Å². The summed E-state index contributed by atoms with van der Waals surface area (Å²) in [6.07, 6.45) is 3.60. The van der Waals surface area contributed by atoms with Crippen LogP contribution >= 0.6 is 0 Å². The number of rotatable bonds is 8. The number of nitrogens with zero attached hydrogens (tertiary/aromatic N) is 3. The zero-order chi connectivity index (χ0) is 25.1. The van der Waals surface area contributed by atoms with E-state index in [0.717, 1.165) is 22.6 Å². The first-order valence-electron chi connectivity index (χ1n) is 12.1. The standard InChI is InChI=1S/C29H29N3O4/c1-21(2)31(28(34)20-35-19-22-10-4-3-5-11-22)18-27(33)32-24-13-7-6-12-23(24)30-16-8-14-25(30)29(32)26-15-9-17-36-26/h3-17,21,29H,18-20H2,1-2H3. The van der Waals surface area contributed by atoms with Gasteiger partial charge in [-0.05, 0) is 55.8 Å². The maximum absolute atomic E-state index is 14.0. The van der Waals surface area contributed by atoms with Crippen molar-refractivity contribution in [3.63, 3.8) is 0 Å². The van der Waals surface area contributed by atoms with Gasteiger partial charge in [0.1, 0.15) is 25.0 Å². The summed E-state index contributed by atoms with van der Waals surface area (Å²) in [6, 6.07) is 24.5. The van der Waals surface area contributed by atoms with Gasteiger partial charge >= 0.3 is 0 Å². The second-order valence-electron chi connectivity index (χ2n) is 9.07. The molecule has 0 aliphatic carbocycles. The van der Waals surface area contributed by atoms with Crippen LogP contribution in [0.2, 0.25) is 0 Å². The Balaban J connectivity index is 1.39. The van der Waals surface area contributed by atoms with Crippen LogP contribution in [0.15, 0.2) is 95.7 Å². The van der Waals surface area contributed by atoms with Gasteiger partial charge in [0.15, 0.2) is 0 Å². The van der Waals surface area contributed by atoms with E-state index in [1.807, 2.05) is 98.9 Å². The maximum atomic E-state index is 14.0. The molecule has 0 bridgehead atoms. The Morgan fingerprint density at radius 1 is 0.944 bits per heavy atom. The van der Waals surface area contributed by atoms with Gasteiger partial charge in [-0.2, -0.15) is 0 Å². The Hall–Kier alpha value is -4.10. The van der Waals surface area contributed by atoms with Gasteiger partial charge in [-0.1, -0.05) is 42.5 Å². The first kappa shape index (κ1) is 23.6. The Morgan fingerprint density at radius 2 is 1.69 bits per heavy atom. The van der Waals surface area contributed by atoms with Crippen LogP contribution in [0, 0.1) is 0 Å². The maximum Gasteiger partial charge on any atom is 0.249 e. The zero-order valence-corrected chi connectivity index (χ0v) is 20.4. The molecule has 5 rings (SSSR count). The molecule has 3 heterocycles. The summed E-state index contributed by atoms with van der Waals surface area (Å²) >= 11 is 0. The SMILES string of the molecule is CC(C)N(CC(=O)N1c2ccccc2-n2cccc2C1c1ccco1)C(=O)COCc1ccccc1. The van der Waals surface area contributed by atoms with Crippen molar-refractivity contribution in [3.05, 3.63) is 108 Å². The van der Waals surface area contributed by atoms with E-state index in [-0.39, 0.29) is 31.0 Å². The van der Waals surface area contributed by atoms with Crippen molar-refractivity contribution in [2.75, 3.05) is 18.1 Å². The van der Waals surface area contributed by atoms with Crippen molar-refractivity contribution in [3.8, 4) is 5.69 Å². The average Bonchev–Trinajstić information content (AvgIpc) is 3.59. The van der Waals surface area contributed by atoms with Crippen LogP contribution in [-0.2, 0) is 20.9 Å². The molecule has 2 amide bonds. The largest absolute Gasteiger partial charge is 0.467 e. The average molecular weight is 484 g/mol. The molecule has 4 aromatic rings. The summed E-state index contributed by atoms with van der Waals surface area (Å²) in [4.78, 5) is 30.4. The van der Waals surface area contributed by atoms with Crippen molar-refractivity contribution < 1.29 is 18.7 Å². The third kappa shape index (κ3) is 4.57. The van der Waals surface area contributed by atoms with Gasteiger partial charge in [0.05, 0.1) is 29.9 Å². The molecule has 0 N–H and O–H groups in total. The molecule has 0 saturated heterocycles. The molecule has 1 atom stereocenters. The van der Waals surface area contributed by atoms with Crippen LogP contribution in [0.5, 0.6) is 0 Å². The molecule has 0 fully saturated rings. The van der Waals surface area contributed by atoms with Gasteiger partial charge in [-0.3, -0.25) is 14.5 Å². The highest BCUT2D eigenvalue weighted by Crippen LogP contribution is 2.42. The summed E-state index contributed by atoms with van der Waals surface area (Å²) in [5.41, 5.74) is 3.59. The number of benzene rings is 2. The molecule has 0 spiro atoms. The van der Waals surface area contributed by atoms with Gasteiger partial charge in [-0.25, -0.2) is 0 Å². The lowest BCUT2D eigenvalue weighted by Gasteiger charge is -2.38. The fourth-order valence-electron chi connectivity index (χ4n) is 4.67. The Labute approximate surface area is 210 Å². The van der Waals surface area contributed by atoms with Gasteiger partial charge < -0.3 is 18.6 Å². The number of hydrogen-bond acceptors (Lipinski definition) is 4. The number of hydrogen-bond donors (Lipinski definition) is 0. The lowest BCUT2D eigenvalue weighted by molar-refractivity contribution is -0.141. The van der Waals surface area contributed by atoms with E-state index in [0.29, 0.717) is 12.4 Å². The molecule has 2 aromatic carbocycles. The summed E-state index contributed by atoms with van der Waals surface area (Å²) in [5.74, 6) is 0.241. The molecule has 0 saturated carbocycles. The van der Waals surface area contributed by atoms with E-state index < -0.39 is 6.04 Å². The molecular formula is C29H29N3O4. The normalized spacial score (nSPS) is 14.4. The number of fused-ring (bicyclic) bond motifs is 3. The topological polar surface area (TPSA) is 67.9 Å². The smallest absolute Gasteiger partial charge is 0.249 e. The monoisotopic (exact) mass is 483 g/mol. The highest BCUT2D eigenvalue weighted by atomic mass is 16.5. The van der Waals surface area contributed by atoms with Gasteiger partial charge in [0.2, 0.25) is 11.8 Å². The Morgan fingerprint density at radius 3 is 2.42 bits per heavy atom. The minimum Gasteiger partial charge on any atom is -0.467 e. The number of ether oxygens (including phenoxy) is 1. The zero-order valence-electron chi connectivity index (χ0n) is 20.4. The highest BCUT2D eigenvalue weighted by Gasteiger charge is 2.38. The van der Waals surface area contributed by atoms with Crippen LogP contribution in [0.4, 0.5) is 5.69 Å². The summed E-state index contributed by atoms with van der Waals surface area (Å²) in [5, 5.41) is 0. The summed E-state index contributed by atoms with van der Waals surface area (Å²) < 4.78 is 13.5. The third-order valence-corrected chi connectivity index (χ3v) is 6.39. The summed E-state index contributed by atoms with van der Waals surface area (Å²) in [7, 11) is 0. The van der Waals surface area contributed by atoms with Crippen molar-refractivity contribution in [2.24, 2.45) is 0 Å². The Bertz CT molecular complexity index is 1330. The second kappa shape index (κ2) is 10.3. The predicted molar refractivity (Wildman–Crippen MR) is 137 cm³/mol. The molecule has 1 aliphatic rings. The van der Waals surface area contributed by atoms with Crippen LogP contribution in [0.1, 0.15) is 36.9 Å². The number of carbonyl (C=O) groups is 2. The van der Waals surface area contributed by atoms with Crippen molar-refractivity contribution in [1.82, 2.24) is 9.47 Å². The quantitative estimate of drug-likeness (QED) is 0.355. The number of amides is 2. The van der Waals surface area contributed by atoms with Crippen LogP contribution in [-0.4, -0.2) is 40.5 Å². The van der Waals surface area contributed by atoms with Crippen LogP contribution in [0.25, 0.3) is 5.69 Å². The van der Waals surface area contributed by atoms with Crippen LogP contribution in [0.3, 0.4) is 0 Å². The lowest BCUT2D eigenvalue weighted by atomic mass is 10.0. The minimum absolute atomic E-state index is 0.0720. The molecule has 2 aromatic heterocycles.